The molecule has 1 aliphatic rings. The van der Waals surface area contributed by atoms with Crippen LogP contribution in [0, 0.1) is 18.3 Å². The Kier molecular flexibility index (Phi) is 5.62. The van der Waals surface area contributed by atoms with Crippen molar-refractivity contribution < 1.29 is 9.53 Å². The Labute approximate surface area is 147 Å². The van der Waals surface area contributed by atoms with E-state index in [0.29, 0.717) is 11.8 Å². The van der Waals surface area contributed by atoms with Gasteiger partial charge in [0.2, 0.25) is 5.91 Å². The third-order valence-corrected chi connectivity index (χ3v) is 5.66. The second-order valence-electron chi connectivity index (χ2n) is 8.72. The molecule has 0 aromatic heterocycles. The van der Waals surface area contributed by atoms with E-state index in [2.05, 4.69) is 33.0 Å². The number of benzene rings is 1. The van der Waals surface area contributed by atoms with E-state index in [1.807, 2.05) is 25.1 Å². The molecular formula is C21H33NO2. The molecule has 0 spiro atoms. The number of aryl methyl sites for hydroxylation is 1. The van der Waals surface area contributed by atoms with Crippen LogP contribution in [-0.4, -0.2) is 18.6 Å². The highest BCUT2D eigenvalue weighted by Gasteiger charge is 2.36. The van der Waals surface area contributed by atoms with Crippen LogP contribution in [0.25, 0.3) is 0 Å². The van der Waals surface area contributed by atoms with Crippen LogP contribution in [0.4, 0.5) is 0 Å². The molecule has 1 amide bonds. The third kappa shape index (κ3) is 4.75. The molecule has 134 valence electrons. The van der Waals surface area contributed by atoms with Gasteiger partial charge in [-0.2, -0.15) is 0 Å². The van der Waals surface area contributed by atoms with Gasteiger partial charge in [0.05, 0.1) is 13.5 Å². The van der Waals surface area contributed by atoms with Crippen LogP contribution in [0.15, 0.2) is 18.2 Å². The van der Waals surface area contributed by atoms with Crippen LogP contribution in [0.1, 0.15) is 64.5 Å². The molecule has 3 heteroatoms. The molecule has 0 heterocycles. The number of carbonyl (C=O) groups excluding carboxylic acids is 1. The molecule has 1 N–H and O–H groups in total. The number of rotatable bonds is 4. The van der Waals surface area contributed by atoms with E-state index >= 15 is 0 Å². The normalized spacial score (nSPS) is 24.5. The van der Waals surface area contributed by atoms with Crippen molar-refractivity contribution in [2.45, 2.75) is 72.3 Å². The molecule has 0 radical (unpaired) electrons. The number of nitrogens with one attached hydrogen (secondary N) is 1. The largest absolute Gasteiger partial charge is 0.497 e. The highest BCUT2D eigenvalue weighted by Crippen LogP contribution is 2.41. The van der Waals surface area contributed by atoms with Gasteiger partial charge in [0.1, 0.15) is 5.75 Å². The molecule has 1 saturated carbocycles. The Morgan fingerprint density at radius 1 is 1.29 bits per heavy atom. The number of hydrogen-bond acceptors (Lipinski definition) is 2. The number of amides is 1. The monoisotopic (exact) mass is 331 g/mol. The van der Waals surface area contributed by atoms with Crippen molar-refractivity contribution >= 4 is 5.91 Å². The van der Waals surface area contributed by atoms with Gasteiger partial charge in [-0.25, -0.2) is 0 Å². The quantitative estimate of drug-likeness (QED) is 0.871. The molecule has 0 saturated heterocycles. The Morgan fingerprint density at radius 3 is 2.42 bits per heavy atom. The zero-order chi connectivity index (χ0) is 18.0. The summed E-state index contributed by atoms with van der Waals surface area (Å²) in [5, 5.41) is 3.30. The molecular weight excluding hydrogens is 298 g/mol. The van der Waals surface area contributed by atoms with Gasteiger partial charge >= 0.3 is 0 Å². The Morgan fingerprint density at radius 2 is 1.92 bits per heavy atom. The molecule has 1 fully saturated rings. The summed E-state index contributed by atoms with van der Waals surface area (Å²) in [5.41, 5.74) is 2.48. The summed E-state index contributed by atoms with van der Waals surface area (Å²) in [4.78, 5) is 12.5. The predicted molar refractivity (Wildman–Crippen MR) is 99.4 cm³/mol. The molecule has 24 heavy (non-hydrogen) atoms. The number of ether oxygens (including phenoxy) is 1. The van der Waals surface area contributed by atoms with Crippen LogP contribution >= 0.6 is 0 Å². The lowest BCUT2D eigenvalue weighted by Gasteiger charge is -2.42. The number of hydrogen-bond donors (Lipinski definition) is 1. The predicted octanol–water partition coefficient (Wildman–Crippen LogP) is 4.66. The second kappa shape index (κ2) is 7.16. The van der Waals surface area contributed by atoms with Crippen LogP contribution < -0.4 is 10.1 Å². The fourth-order valence-corrected chi connectivity index (χ4v) is 3.79. The molecule has 0 aliphatic heterocycles. The lowest BCUT2D eigenvalue weighted by atomic mass is 9.68. The minimum atomic E-state index is -0.0563. The maximum Gasteiger partial charge on any atom is 0.224 e. The molecule has 1 aliphatic carbocycles. The first-order valence-electron chi connectivity index (χ1n) is 9.07. The minimum Gasteiger partial charge on any atom is -0.497 e. The van der Waals surface area contributed by atoms with Crippen molar-refractivity contribution in [3.8, 4) is 5.75 Å². The summed E-state index contributed by atoms with van der Waals surface area (Å²) in [6.45, 7) is 11.2. The third-order valence-electron chi connectivity index (χ3n) is 5.66. The fourth-order valence-electron chi connectivity index (χ4n) is 3.79. The van der Waals surface area contributed by atoms with Crippen LogP contribution in [0.2, 0.25) is 0 Å². The van der Waals surface area contributed by atoms with E-state index in [9.17, 15) is 4.79 Å². The summed E-state index contributed by atoms with van der Waals surface area (Å²) < 4.78 is 5.23. The van der Waals surface area contributed by atoms with Gasteiger partial charge in [-0.1, -0.05) is 26.8 Å². The Balaban J connectivity index is 1.93. The van der Waals surface area contributed by atoms with Gasteiger partial charge < -0.3 is 10.1 Å². The molecule has 1 aromatic rings. The van der Waals surface area contributed by atoms with Gasteiger partial charge in [0.25, 0.3) is 0 Å². The van der Waals surface area contributed by atoms with E-state index in [-0.39, 0.29) is 11.4 Å². The highest BCUT2D eigenvalue weighted by molar-refractivity contribution is 5.79. The van der Waals surface area contributed by atoms with Gasteiger partial charge in [-0.15, -0.1) is 0 Å². The average Bonchev–Trinajstić information content (AvgIpc) is 2.48. The van der Waals surface area contributed by atoms with Crippen molar-refractivity contribution in [1.82, 2.24) is 5.32 Å². The maximum absolute atomic E-state index is 12.5. The Hall–Kier alpha value is -1.51. The first kappa shape index (κ1) is 18.8. The molecule has 1 aromatic carbocycles. The summed E-state index contributed by atoms with van der Waals surface area (Å²) in [5.74, 6) is 1.72. The molecule has 2 rings (SSSR count). The molecule has 0 bridgehead atoms. The van der Waals surface area contributed by atoms with Crippen molar-refractivity contribution in [2.24, 2.45) is 11.3 Å². The average molecular weight is 332 g/mol. The Bertz CT molecular complexity index is 578. The van der Waals surface area contributed by atoms with Gasteiger partial charge in [-0.05, 0) is 74.1 Å². The number of carbonyl (C=O) groups is 1. The zero-order valence-electron chi connectivity index (χ0n) is 16.2. The molecule has 0 atom stereocenters. The van der Waals surface area contributed by atoms with Gasteiger partial charge in [0.15, 0.2) is 0 Å². The van der Waals surface area contributed by atoms with Crippen LogP contribution in [0.5, 0.6) is 5.75 Å². The lowest BCUT2D eigenvalue weighted by Crippen LogP contribution is -2.49. The lowest BCUT2D eigenvalue weighted by molar-refractivity contribution is -0.122. The van der Waals surface area contributed by atoms with E-state index in [1.54, 1.807) is 7.11 Å². The standard InChI is InChI=1S/C21H33NO2/c1-15-13-18(24-6)8-7-16(15)14-19(23)22-21(5)11-9-17(10-12-21)20(2,3)4/h7-8,13,17H,9-12,14H2,1-6H3,(H,22,23). The number of methoxy groups -OCH3 is 1. The maximum atomic E-state index is 12.5. The summed E-state index contributed by atoms with van der Waals surface area (Å²) >= 11 is 0. The van der Waals surface area contributed by atoms with Crippen LogP contribution in [0.3, 0.4) is 0 Å². The van der Waals surface area contributed by atoms with Crippen LogP contribution in [-0.2, 0) is 11.2 Å². The van der Waals surface area contributed by atoms with E-state index in [0.717, 1.165) is 35.6 Å². The fraction of sp³-hybridized carbons (Fsp3) is 0.667. The minimum absolute atomic E-state index is 0.0563. The molecule has 0 unspecified atom stereocenters. The van der Waals surface area contributed by atoms with Crippen molar-refractivity contribution in [2.75, 3.05) is 7.11 Å². The summed E-state index contributed by atoms with van der Waals surface area (Å²) in [6.07, 6.45) is 4.97. The smallest absolute Gasteiger partial charge is 0.224 e. The van der Waals surface area contributed by atoms with E-state index in [1.165, 1.54) is 12.8 Å². The van der Waals surface area contributed by atoms with E-state index < -0.39 is 0 Å². The van der Waals surface area contributed by atoms with Gasteiger partial charge in [-0.3, -0.25) is 4.79 Å². The first-order valence-corrected chi connectivity index (χ1v) is 9.07. The van der Waals surface area contributed by atoms with Crippen molar-refractivity contribution in [3.63, 3.8) is 0 Å². The summed E-state index contributed by atoms with van der Waals surface area (Å²) in [7, 11) is 1.66. The topological polar surface area (TPSA) is 38.3 Å². The first-order chi connectivity index (χ1) is 11.1. The van der Waals surface area contributed by atoms with Gasteiger partial charge in [0, 0.05) is 5.54 Å². The van der Waals surface area contributed by atoms with Crippen molar-refractivity contribution in [3.05, 3.63) is 29.3 Å². The van der Waals surface area contributed by atoms with Crippen molar-refractivity contribution in [1.29, 1.82) is 0 Å². The highest BCUT2D eigenvalue weighted by atomic mass is 16.5. The second-order valence-corrected chi connectivity index (χ2v) is 8.72. The summed E-state index contributed by atoms with van der Waals surface area (Å²) in [6, 6.07) is 5.90. The van der Waals surface area contributed by atoms with E-state index in [4.69, 9.17) is 4.74 Å². The molecule has 3 nitrogen and oxygen atoms in total. The SMILES string of the molecule is COc1ccc(CC(=O)NC2(C)CCC(C(C)(C)C)CC2)c(C)c1. The zero-order valence-corrected chi connectivity index (χ0v) is 16.2.